The lowest BCUT2D eigenvalue weighted by atomic mass is 10.1. The van der Waals surface area contributed by atoms with E-state index in [-0.39, 0.29) is 6.03 Å². The van der Waals surface area contributed by atoms with Crippen LogP contribution in [-0.4, -0.2) is 36.6 Å². The maximum Gasteiger partial charge on any atom is 0.321 e. The van der Waals surface area contributed by atoms with Crippen molar-refractivity contribution in [2.75, 3.05) is 25.0 Å². The number of aryl methyl sites for hydroxylation is 1. The average Bonchev–Trinajstić information content (AvgIpc) is 2.88. The van der Waals surface area contributed by atoms with Crippen molar-refractivity contribution in [2.24, 2.45) is 5.92 Å². The summed E-state index contributed by atoms with van der Waals surface area (Å²) in [6.07, 6.45) is 1.19. The van der Waals surface area contributed by atoms with Crippen molar-refractivity contribution in [1.82, 2.24) is 10.2 Å². The standard InChI is InChI=1S/C14H19N3O/c1-10-3-2-4-12(7-10)16-14(18)17-8-11-5-6-15-13(11)9-17/h2-4,7,11,13,15H,5-6,8-9H2,1H3,(H,16,18)/t11-,13+/m0/s1. The number of nitrogens with zero attached hydrogens (tertiary/aromatic N) is 1. The van der Waals surface area contributed by atoms with Crippen LogP contribution < -0.4 is 10.6 Å². The van der Waals surface area contributed by atoms with E-state index in [1.165, 1.54) is 6.42 Å². The van der Waals surface area contributed by atoms with Crippen molar-refractivity contribution in [3.8, 4) is 0 Å². The van der Waals surface area contributed by atoms with E-state index in [1.807, 2.05) is 36.1 Å². The van der Waals surface area contributed by atoms with E-state index in [1.54, 1.807) is 0 Å². The summed E-state index contributed by atoms with van der Waals surface area (Å²) >= 11 is 0. The van der Waals surface area contributed by atoms with Crippen LogP contribution in [0.15, 0.2) is 24.3 Å². The normalized spacial score (nSPS) is 26.2. The Balaban J connectivity index is 1.62. The van der Waals surface area contributed by atoms with Gasteiger partial charge in [-0.05, 0) is 43.5 Å². The lowest BCUT2D eigenvalue weighted by molar-refractivity contribution is 0.219. The van der Waals surface area contributed by atoms with E-state index < -0.39 is 0 Å². The quantitative estimate of drug-likeness (QED) is 0.792. The molecule has 2 amide bonds. The van der Waals surface area contributed by atoms with Gasteiger partial charge in [0, 0.05) is 24.8 Å². The molecule has 2 saturated heterocycles. The summed E-state index contributed by atoms with van der Waals surface area (Å²) in [5.41, 5.74) is 2.04. The molecule has 2 fully saturated rings. The number of carbonyl (C=O) groups excluding carboxylic acids is 1. The van der Waals surface area contributed by atoms with Gasteiger partial charge in [0.2, 0.25) is 0 Å². The van der Waals surface area contributed by atoms with Crippen LogP contribution in [0, 0.1) is 12.8 Å². The summed E-state index contributed by atoms with van der Waals surface area (Å²) in [7, 11) is 0. The van der Waals surface area contributed by atoms with Gasteiger partial charge in [-0.3, -0.25) is 0 Å². The Morgan fingerprint density at radius 3 is 3.11 bits per heavy atom. The Kier molecular flexibility index (Phi) is 2.96. The molecule has 1 aromatic carbocycles. The molecule has 18 heavy (non-hydrogen) atoms. The highest BCUT2D eigenvalue weighted by Crippen LogP contribution is 2.25. The third kappa shape index (κ3) is 2.20. The van der Waals surface area contributed by atoms with Crippen molar-refractivity contribution in [3.05, 3.63) is 29.8 Å². The van der Waals surface area contributed by atoms with E-state index in [0.29, 0.717) is 12.0 Å². The highest BCUT2D eigenvalue weighted by atomic mass is 16.2. The molecule has 96 valence electrons. The van der Waals surface area contributed by atoms with Gasteiger partial charge in [0.15, 0.2) is 0 Å². The zero-order chi connectivity index (χ0) is 12.5. The zero-order valence-electron chi connectivity index (χ0n) is 10.6. The summed E-state index contributed by atoms with van der Waals surface area (Å²) in [4.78, 5) is 14.1. The second-order valence-electron chi connectivity index (χ2n) is 5.31. The van der Waals surface area contributed by atoms with E-state index >= 15 is 0 Å². The van der Waals surface area contributed by atoms with Crippen LogP contribution in [0.3, 0.4) is 0 Å². The minimum Gasteiger partial charge on any atom is -0.323 e. The highest BCUT2D eigenvalue weighted by molar-refractivity contribution is 5.89. The number of hydrogen-bond donors (Lipinski definition) is 2. The van der Waals surface area contributed by atoms with E-state index in [9.17, 15) is 4.79 Å². The summed E-state index contributed by atoms with van der Waals surface area (Å²) in [5, 5.41) is 6.43. The monoisotopic (exact) mass is 245 g/mol. The van der Waals surface area contributed by atoms with Crippen LogP contribution in [0.5, 0.6) is 0 Å². The smallest absolute Gasteiger partial charge is 0.321 e. The minimum absolute atomic E-state index is 0.0248. The number of benzene rings is 1. The molecule has 0 bridgehead atoms. The van der Waals surface area contributed by atoms with E-state index in [2.05, 4.69) is 10.6 Å². The topological polar surface area (TPSA) is 44.4 Å². The van der Waals surface area contributed by atoms with Gasteiger partial charge in [-0.1, -0.05) is 12.1 Å². The van der Waals surface area contributed by atoms with Crippen LogP contribution in [0.2, 0.25) is 0 Å². The number of amides is 2. The number of likely N-dealkylation sites (tertiary alicyclic amines) is 1. The lowest BCUT2D eigenvalue weighted by Crippen LogP contribution is -2.36. The lowest BCUT2D eigenvalue weighted by Gasteiger charge is -2.18. The van der Waals surface area contributed by atoms with Crippen LogP contribution in [-0.2, 0) is 0 Å². The van der Waals surface area contributed by atoms with Gasteiger partial charge in [-0.15, -0.1) is 0 Å². The second kappa shape index (κ2) is 4.61. The molecule has 1 aromatic rings. The minimum atomic E-state index is 0.0248. The summed E-state index contributed by atoms with van der Waals surface area (Å²) in [6, 6.07) is 8.45. The first-order valence-electron chi connectivity index (χ1n) is 6.58. The van der Waals surface area contributed by atoms with Crippen molar-refractivity contribution >= 4 is 11.7 Å². The van der Waals surface area contributed by atoms with Gasteiger partial charge in [-0.2, -0.15) is 0 Å². The first kappa shape index (κ1) is 11.5. The summed E-state index contributed by atoms with van der Waals surface area (Å²) < 4.78 is 0. The van der Waals surface area contributed by atoms with Crippen LogP contribution >= 0.6 is 0 Å². The molecule has 0 aliphatic carbocycles. The van der Waals surface area contributed by atoms with Gasteiger partial charge in [0.25, 0.3) is 0 Å². The van der Waals surface area contributed by atoms with Gasteiger partial charge in [0.1, 0.15) is 0 Å². The molecule has 0 unspecified atom stereocenters. The number of urea groups is 1. The van der Waals surface area contributed by atoms with E-state index in [4.69, 9.17) is 0 Å². The molecule has 2 aliphatic rings. The number of carbonyl (C=O) groups is 1. The molecule has 0 aromatic heterocycles. The molecule has 2 atom stereocenters. The van der Waals surface area contributed by atoms with Crippen molar-refractivity contribution < 1.29 is 4.79 Å². The molecule has 4 heteroatoms. The summed E-state index contributed by atoms with van der Waals surface area (Å²) in [6.45, 7) is 4.85. The zero-order valence-corrected chi connectivity index (χ0v) is 10.6. The van der Waals surface area contributed by atoms with Crippen molar-refractivity contribution in [2.45, 2.75) is 19.4 Å². The van der Waals surface area contributed by atoms with Gasteiger partial charge in [-0.25, -0.2) is 4.79 Å². The first-order valence-corrected chi connectivity index (χ1v) is 6.58. The molecule has 2 N–H and O–H groups in total. The average molecular weight is 245 g/mol. The van der Waals surface area contributed by atoms with Crippen molar-refractivity contribution in [3.63, 3.8) is 0 Å². The molecule has 2 aliphatic heterocycles. The summed E-state index contributed by atoms with van der Waals surface area (Å²) in [5.74, 6) is 0.647. The molecule has 0 spiro atoms. The molecule has 0 saturated carbocycles. The van der Waals surface area contributed by atoms with Crippen LogP contribution in [0.25, 0.3) is 0 Å². The van der Waals surface area contributed by atoms with Gasteiger partial charge < -0.3 is 15.5 Å². The van der Waals surface area contributed by atoms with Gasteiger partial charge >= 0.3 is 6.03 Å². The Morgan fingerprint density at radius 2 is 2.33 bits per heavy atom. The number of anilines is 1. The number of hydrogen-bond acceptors (Lipinski definition) is 2. The van der Waals surface area contributed by atoms with Crippen LogP contribution in [0.1, 0.15) is 12.0 Å². The fourth-order valence-corrected chi connectivity index (χ4v) is 2.94. The molecule has 4 nitrogen and oxygen atoms in total. The van der Waals surface area contributed by atoms with Crippen molar-refractivity contribution in [1.29, 1.82) is 0 Å². The van der Waals surface area contributed by atoms with Crippen LogP contribution in [0.4, 0.5) is 10.5 Å². The third-order valence-corrected chi connectivity index (χ3v) is 3.92. The number of fused-ring (bicyclic) bond motifs is 1. The predicted octanol–water partition coefficient (Wildman–Crippen LogP) is 1.82. The predicted molar refractivity (Wildman–Crippen MR) is 71.7 cm³/mol. The van der Waals surface area contributed by atoms with Gasteiger partial charge in [0.05, 0.1) is 0 Å². The SMILES string of the molecule is Cc1cccc(NC(=O)N2C[C@@H]3CCN[C@@H]3C2)c1. The largest absolute Gasteiger partial charge is 0.323 e. The molecule has 2 heterocycles. The first-order chi connectivity index (χ1) is 8.72. The second-order valence-corrected chi connectivity index (χ2v) is 5.31. The molecule has 0 radical (unpaired) electrons. The molecule has 3 rings (SSSR count). The fraction of sp³-hybridized carbons (Fsp3) is 0.500. The number of nitrogens with one attached hydrogen (secondary N) is 2. The maximum atomic E-state index is 12.1. The highest BCUT2D eigenvalue weighted by Gasteiger charge is 2.37. The Morgan fingerprint density at radius 1 is 1.44 bits per heavy atom. The Bertz CT molecular complexity index is 448. The fourth-order valence-electron chi connectivity index (χ4n) is 2.94. The molecular formula is C14H19N3O. The van der Waals surface area contributed by atoms with E-state index in [0.717, 1.165) is 30.9 Å². The Labute approximate surface area is 107 Å². The molecular weight excluding hydrogens is 226 g/mol. The third-order valence-electron chi connectivity index (χ3n) is 3.92. The maximum absolute atomic E-state index is 12.1. The Hall–Kier alpha value is -1.55. The number of rotatable bonds is 1.